The lowest BCUT2D eigenvalue weighted by atomic mass is 10.1. The minimum Gasteiger partial charge on any atom is -0.364 e. The van der Waals surface area contributed by atoms with Crippen molar-refractivity contribution in [2.24, 2.45) is 4.99 Å². The number of nitrogens with zero attached hydrogens (tertiary/aromatic N) is 2. The zero-order valence-electron chi connectivity index (χ0n) is 16.6. The van der Waals surface area contributed by atoms with Crippen LogP contribution in [-0.2, 0) is 13.0 Å². The number of guanidine groups is 1. The average Bonchev–Trinajstić information content (AvgIpc) is 3.25. The summed E-state index contributed by atoms with van der Waals surface area (Å²) in [5, 5.41) is 6.79. The van der Waals surface area contributed by atoms with E-state index >= 15 is 0 Å². The Morgan fingerprint density at radius 3 is 2.46 bits per heavy atom. The molecule has 0 atom stereocenters. The van der Waals surface area contributed by atoms with Crippen LogP contribution in [0.5, 0.6) is 0 Å². The Labute approximate surface area is 186 Å². The van der Waals surface area contributed by atoms with Crippen molar-refractivity contribution < 1.29 is 0 Å². The molecule has 150 valence electrons. The first-order valence-corrected chi connectivity index (χ1v) is 9.90. The van der Waals surface area contributed by atoms with E-state index in [0.717, 1.165) is 45.0 Å². The van der Waals surface area contributed by atoms with E-state index in [2.05, 4.69) is 89.2 Å². The number of anilines is 1. The molecule has 4 nitrogen and oxygen atoms in total. The minimum atomic E-state index is 0. The van der Waals surface area contributed by atoms with Crippen LogP contribution in [0.3, 0.4) is 0 Å². The molecule has 2 aromatic rings. The fourth-order valence-electron chi connectivity index (χ4n) is 3.20. The highest BCUT2D eigenvalue weighted by molar-refractivity contribution is 14.0. The highest BCUT2D eigenvalue weighted by atomic mass is 127. The maximum atomic E-state index is 4.76. The Morgan fingerprint density at radius 2 is 1.71 bits per heavy atom. The van der Waals surface area contributed by atoms with Crippen molar-refractivity contribution in [3.8, 4) is 0 Å². The van der Waals surface area contributed by atoms with Crippen LogP contribution in [0.2, 0.25) is 0 Å². The van der Waals surface area contributed by atoms with Gasteiger partial charge in [-0.15, -0.1) is 24.0 Å². The lowest BCUT2D eigenvalue weighted by Crippen LogP contribution is -2.37. The highest BCUT2D eigenvalue weighted by Crippen LogP contribution is 2.18. The molecule has 5 heteroatoms. The maximum Gasteiger partial charge on any atom is 0.191 e. The second-order valence-electron chi connectivity index (χ2n) is 6.76. The first kappa shape index (κ1) is 22.3. The number of hydrogen-bond acceptors (Lipinski definition) is 2. The number of rotatable bonds is 8. The molecule has 0 unspecified atom stereocenters. The maximum absolute atomic E-state index is 4.76. The van der Waals surface area contributed by atoms with Crippen LogP contribution in [0.1, 0.15) is 24.5 Å². The normalized spacial score (nSPS) is 13.3. The number of aliphatic imine (C=N–C) groups is 1. The van der Waals surface area contributed by atoms with E-state index in [1.807, 2.05) is 0 Å². The van der Waals surface area contributed by atoms with E-state index in [9.17, 15) is 0 Å². The van der Waals surface area contributed by atoms with Gasteiger partial charge >= 0.3 is 0 Å². The summed E-state index contributed by atoms with van der Waals surface area (Å²) in [5.41, 5.74) is 3.89. The van der Waals surface area contributed by atoms with Crippen LogP contribution in [0.25, 0.3) is 0 Å². The summed E-state index contributed by atoms with van der Waals surface area (Å²) in [6.07, 6.45) is 6.60. The smallest absolute Gasteiger partial charge is 0.191 e. The zero-order chi connectivity index (χ0) is 18.7. The summed E-state index contributed by atoms with van der Waals surface area (Å²) in [6, 6.07) is 19.3. The molecule has 0 saturated heterocycles. The van der Waals surface area contributed by atoms with Crippen molar-refractivity contribution >= 4 is 35.6 Å². The monoisotopic (exact) mass is 490 g/mol. The van der Waals surface area contributed by atoms with Crippen LogP contribution in [-0.4, -0.2) is 32.1 Å². The molecule has 0 saturated carbocycles. The van der Waals surface area contributed by atoms with Crippen LogP contribution in [0.4, 0.5) is 5.69 Å². The molecule has 2 aromatic carbocycles. The summed E-state index contributed by atoms with van der Waals surface area (Å²) in [6.45, 7) is 6.56. The van der Waals surface area contributed by atoms with Crippen molar-refractivity contribution in [3.63, 3.8) is 0 Å². The molecule has 28 heavy (non-hydrogen) atoms. The molecule has 1 aliphatic rings. The summed E-state index contributed by atoms with van der Waals surface area (Å²) >= 11 is 0. The number of hydrogen-bond donors (Lipinski definition) is 2. The lowest BCUT2D eigenvalue weighted by molar-refractivity contribution is 0.744. The van der Waals surface area contributed by atoms with Gasteiger partial charge in [0.15, 0.2) is 5.96 Å². The number of aryl methyl sites for hydroxylation is 1. The van der Waals surface area contributed by atoms with Gasteiger partial charge in [0.2, 0.25) is 0 Å². The fourth-order valence-corrected chi connectivity index (χ4v) is 3.20. The fraction of sp³-hybridized carbons (Fsp3) is 0.348. The van der Waals surface area contributed by atoms with E-state index in [4.69, 9.17) is 4.99 Å². The Hall–Kier alpha value is -2.02. The first-order chi connectivity index (χ1) is 13.3. The summed E-state index contributed by atoms with van der Waals surface area (Å²) in [5.74, 6) is 0.888. The van der Waals surface area contributed by atoms with E-state index in [1.54, 1.807) is 0 Å². The molecule has 3 rings (SSSR count). The number of benzene rings is 2. The number of halogens is 1. The second-order valence-corrected chi connectivity index (χ2v) is 6.76. The molecule has 2 N–H and O–H groups in total. The van der Waals surface area contributed by atoms with Gasteiger partial charge in [-0.05, 0) is 43.0 Å². The average molecular weight is 490 g/mol. The molecule has 1 aliphatic heterocycles. The Bertz CT molecular complexity index is 750. The van der Waals surface area contributed by atoms with E-state index in [-0.39, 0.29) is 24.0 Å². The molecule has 0 radical (unpaired) electrons. The third-order valence-corrected chi connectivity index (χ3v) is 4.64. The summed E-state index contributed by atoms with van der Waals surface area (Å²) < 4.78 is 0. The van der Waals surface area contributed by atoms with Gasteiger partial charge in [-0.1, -0.05) is 54.6 Å². The molecule has 0 aromatic heterocycles. The number of nitrogens with one attached hydrogen (secondary N) is 2. The van der Waals surface area contributed by atoms with Crippen molar-refractivity contribution in [1.82, 2.24) is 10.6 Å². The van der Waals surface area contributed by atoms with Gasteiger partial charge in [-0.25, -0.2) is 4.99 Å². The predicted molar refractivity (Wildman–Crippen MR) is 131 cm³/mol. The van der Waals surface area contributed by atoms with Crippen LogP contribution < -0.4 is 15.5 Å². The van der Waals surface area contributed by atoms with Crippen molar-refractivity contribution in [3.05, 3.63) is 77.9 Å². The zero-order valence-corrected chi connectivity index (χ0v) is 18.9. The largest absolute Gasteiger partial charge is 0.364 e. The standard InChI is InChI=1S/C23H30N4.HI/c1-2-24-23(25-15-9-13-20-10-4-3-5-11-20)26-19-21-12-8-14-22(18-21)27-16-6-7-17-27;/h3-8,10-12,14,18H,2,9,13,15-17,19H2,1H3,(H2,24,25,26);1H. The second kappa shape index (κ2) is 12.4. The summed E-state index contributed by atoms with van der Waals surface area (Å²) in [4.78, 5) is 7.12. The Kier molecular flexibility index (Phi) is 9.90. The van der Waals surface area contributed by atoms with Crippen molar-refractivity contribution in [2.75, 3.05) is 31.1 Å². The van der Waals surface area contributed by atoms with Crippen molar-refractivity contribution in [1.29, 1.82) is 0 Å². The quantitative estimate of drug-likeness (QED) is 0.190. The minimum absolute atomic E-state index is 0. The van der Waals surface area contributed by atoms with Crippen LogP contribution >= 0.6 is 24.0 Å². The van der Waals surface area contributed by atoms with Gasteiger partial charge in [0.05, 0.1) is 6.54 Å². The van der Waals surface area contributed by atoms with Crippen LogP contribution in [0, 0.1) is 0 Å². The van der Waals surface area contributed by atoms with Gasteiger partial charge in [0, 0.05) is 31.9 Å². The topological polar surface area (TPSA) is 39.7 Å². The molecular formula is C23H31IN4. The third kappa shape index (κ3) is 7.19. The molecule has 0 amide bonds. The SMILES string of the molecule is CCNC(=NCc1cccc(N2CC=CC2)c1)NCCCc1ccccc1.I. The van der Waals surface area contributed by atoms with Gasteiger partial charge in [0.1, 0.15) is 0 Å². The third-order valence-electron chi connectivity index (χ3n) is 4.64. The highest BCUT2D eigenvalue weighted by Gasteiger charge is 2.07. The molecular weight excluding hydrogens is 459 g/mol. The van der Waals surface area contributed by atoms with Crippen molar-refractivity contribution in [2.45, 2.75) is 26.3 Å². The molecule has 0 fully saturated rings. The van der Waals surface area contributed by atoms with Gasteiger partial charge in [-0.2, -0.15) is 0 Å². The van der Waals surface area contributed by atoms with Gasteiger partial charge in [0.25, 0.3) is 0 Å². The van der Waals surface area contributed by atoms with Gasteiger partial charge in [-0.3, -0.25) is 0 Å². The first-order valence-electron chi connectivity index (χ1n) is 9.90. The predicted octanol–water partition coefficient (Wildman–Crippen LogP) is 4.37. The molecule has 0 aliphatic carbocycles. The van der Waals surface area contributed by atoms with E-state index in [1.165, 1.54) is 16.8 Å². The molecule has 1 heterocycles. The molecule has 0 spiro atoms. The van der Waals surface area contributed by atoms with Gasteiger partial charge < -0.3 is 15.5 Å². The molecule has 0 bridgehead atoms. The summed E-state index contributed by atoms with van der Waals surface area (Å²) in [7, 11) is 0. The Morgan fingerprint density at radius 1 is 0.964 bits per heavy atom. The lowest BCUT2D eigenvalue weighted by Gasteiger charge is -2.18. The Balaban J connectivity index is 0.00000280. The van der Waals surface area contributed by atoms with Crippen LogP contribution in [0.15, 0.2) is 71.7 Å². The van der Waals surface area contributed by atoms with E-state index in [0.29, 0.717) is 6.54 Å². The van der Waals surface area contributed by atoms with E-state index < -0.39 is 0 Å².